The summed E-state index contributed by atoms with van der Waals surface area (Å²) in [6.07, 6.45) is 4.05. The fourth-order valence-corrected chi connectivity index (χ4v) is 4.67. The number of rotatable bonds is 4. The van der Waals surface area contributed by atoms with Crippen molar-refractivity contribution in [3.8, 4) is 0 Å². The van der Waals surface area contributed by atoms with Crippen LogP contribution in [0, 0.1) is 10.5 Å². The van der Waals surface area contributed by atoms with Crippen LogP contribution in [0.2, 0.25) is 0 Å². The Bertz CT molecular complexity index is 1540. The van der Waals surface area contributed by atoms with Crippen molar-refractivity contribution < 1.29 is 0 Å². The Morgan fingerprint density at radius 3 is 2.50 bits per heavy atom. The molecule has 0 fully saturated rings. The predicted octanol–water partition coefficient (Wildman–Crippen LogP) is 6.02. The number of hydrogen-bond acceptors (Lipinski definition) is 2. The summed E-state index contributed by atoms with van der Waals surface area (Å²) in [4.78, 5) is 18.4. The van der Waals surface area contributed by atoms with Crippen LogP contribution in [-0.4, -0.2) is 14.1 Å². The molecule has 2 heterocycles. The maximum Gasteiger partial charge on any atom is 0.261 e. The van der Waals surface area contributed by atoms with Gasteiger partial charge in [-0.3, -0.25) is 9.36 Å². The molecule has 0 bridgehead atoms. The van der Waals surface area contributed by atoms with Gasteiger partial charge < -0.3 is 4.57 Å². The second kappa shape index (κ2) is 8.39. The van der Waals surface area contributed by atoms with Gasteiger partial charge in [0.1, 0.15) is 5.82 Å². The zero-order valence-electron chi connectivity index (χ0n) is 17.9. The number of nitrogens with zero attached hydrogens (tertiary/aromatic N) is 3. The Balaban J connectivity index is 1.70. The highest BCUT2D eigenvalue weighted by molar-refractivity contribution is 14.1. The summed E-state index contributed by atoms with van der Waals surface area (Å²) < 4.78 is 4.99. The molecule has 4 nitrogen and oxygen atoms in total. The van der Waals surface area contributed by atoms with Gasteiger partial charge in [0.05, 0.1) is 17.4 Å². The van der Waals surface area contributed by atoms with Crippen LogP contribution in [0.25, 0.3) is 34.0 Å². The molecule has 5 aromatic rings. The van der Waals surface area contributed by atoms with Crippen LogP contribution in [0.15, 0.2) is 77.6 Å². The van der Waals surface area contributed by atoms with E-state index in [0.29, 0.717) is 23.3 Å². The Hall–Kier alpha value is -3.19. The minimum Gasteiger partial charge on any atom is -0.347 e. The number of hydrogen-bond donors (Lipinski definition) is 0. The van der Waals surface area contributed by atoms with Gasteiger partial charge >= 0.3 is 0 Å². The summed E-state index contributed by atoms with van der Waals surface area (Å²) in [6.45, 7) is 2.59. The lowest BCUT2D eigenvalue weighted by atomic mass is 10.1. The molecule has 158 valence electrons. The van der Waals surface area contributed by atoms with Crippen molar-refractivity contribution >= 4 is 56.5 Å². The van der Waals surface area contributed by atoms with Crippen LogP contribution in [0.1, 0.15) is 22.6 Å². The van der Waals surface area contributed by atoms with Gasteiger partial charge in [0.15, 0.2) is 0 Å². The summed E-state index contributed by atoms with van der Waals surface area (Å²) in [7, 11) is 2.08. The first kappa shape index (κ1) is 20.7. The fraction of sp³-hybridized carbons (Fsp3) is 0.111. The Labute approximate surface area is 200 Å². The number of aromatic nitrogens is 3. The van der Waals surface area contributed by atoms with Crippen molar-refractivity contribution in [2.75, 3.05) is 0 Å². The third-order valence-corrected chi connectivity index (χ3v) is 6.65. The standard InChI is InChI=1S/C27H22IN3O/c1-18-21(22-10-6-7-11-25(22)30(18)2)13-15-26-29-24-14-12-20(28)16-23(24)27(32)31(26)17-19-8-4-3-5-9-19/h3-16H,17H2,1-2H3. The molecule has 3 aromatic carbocycles. The van der Waals surface area contributed by atoms with Gasteiger partial charge in [0.25, 0.3) is 5.56 Å². The molecule has 32 heavy (non-hydrogen) atoms. The molecule has 0 N–H and O–H groups in total. The van der Waals surface area contributed by atoms with Crippen molar-refractivity contribution in [3.63, 3.8) is 0 Å². The van der Waals surface area contributed by atoms with Crippen LogP contribution in [0.4, 0.5) is 0 Å². The van der Waals surface area contributed by atoms with E-state index in [1.54, 1.807) is 4.57 Å². The molecule has 0 aliphatic heterocycles. The van der Waals surface area contributed by atoms with E-state index in [4.69, 9.17) is 4.98 Å². The lowest BCUT2D eigenvalue weighted by Gasteiger charge is -2.12. The molecular formula is C27H22IN3O. The third kappa shape index (κ3) is 3.66. The predicted molar refractivity (Wildman–Crippen MR) is 141 cm³/mol. The first-order chi connectivity index (χ1) is 15.5. The molecule has 5 heteroatoms. The Kier molecular flexibility index (Phi) is 5.43. The van der Waals surface area contributed by atoms with Gasteiger partial charge in [-0.2, -0.15) is 0 Å². The SMILES string of the molecule is Cc1c(C=Cc2nc3ccc(I)cc3c(=O)n2Cc2ccccc2)c2ccccc2n1C. The van der Waals surface area contributed by atoms with Gasteiger partial charge in [-0.25, -0.2) is 4.98 Å². The van der Waals surface area contributed by atoms with Gasteiger partial charge in [-0.1, -0.05) is 48.5 Å². The van der Waals surface area contributed by atoms with E-state index in [1.165, 1.54) is 16.6 Å². The van der Waals surface area contributed by atoms with Crippen molar-refractivity contribution in [2.45, 2.75) is 13.5 Å². The highest BCUT2D eigenvalue weighted by atomic mass is 127. The van der Waals surface area contributed by atoms with Crippen LogP contribution >= 0.6 is 22.6 Å². The highest BCUT2D eigenvalue weighted by Crippen LogP contribution is 2.26. The fourth-order valence-electron chi connectivity index (χ4n) is 4.17. The lowest BCUT2D eigenvalue weighted by molar-refractivity contribution is 0.738. The number of benzene rings is 3. The molecule has 0 saturated carbocycles. The monoisotopic (exact) mass is 531 g/mol. The van der Waals surface area contributed by atoms with E-state index in [2.05, 4.69) is 71.5 Å². The van der Waals surface area contributed by atoms with Gasteiger partial charge in [-0.15, -0.1) is 0 Å². The van der Waals surface area contributed by atoms with Crippen LogP contribution < -0.4 is 5.56 Å². The van der Waals surface area contributed by atoms with Gasteiger partial charge in [0.2, 0.25) is 0 Å². The van der Waals surface area contributed by atoms with E-state index in [-0.39, 0.29) is 5.56 Å². The Morgan fingerprint density at radius 1 is 0.938 bits per heavy atom. The van der Waals surface area contributed by atoms with E-state index >= 15 is 0 Å². The third-order valence-electron chi connectivity index (χ3n) is 5.98. The number of halogens is 1. The van der Waals surface area contributed by atoms with Crippen molar-refractivity contribution in [1.29, 1.82) is 0 Å². The minimum atomic E-state index is -0.0216. The lowest BCUT2D eigenvalue weighted by Crippen LogP contribution is -2.24. The molecule has 2 aromatic heterocycles. The molecule has 5 rings (SSSR count). The summed E-state index contributed by atoms with van der Waals surface area (Å²) in [5, 5.41) is 1.84. The zero-order chi connectivity index (χ0) is 22.2. The minimum absolute atomic E-state index is 0.0216. The quantitative estimate of drug-likeness (QED) is 0.266. The van der Waals surface area contributed by atoms with E-state index in [9.17, 15) is 4.79 Å². The molecule has 0 amide bonds. The van der Waals surface area contributed by atoms with Crippen LogP contribution in [0.5, 0.6) is 0 Å². The van der Waals surface area contributed by atoms with Crippen molar-refractivity contribution in [2.24, 2.45) is 7.05 Å². The van der Waals surface area contributed by atoms with Gasteiger partial charge in [-0.05, 0) is 71.5 Å². The summed E-state index contributed by atoms with van der Waals surface area (Å²) in [6, 6.07) is 24.2. The topological polar surface area (TPSA) is 39.8 Å². The molecule has 0 aliphatic rings. The van der Waals surface area contributed by atoms with Crippen molar-refractivity contribution in [3.05, 3.63) is 109 Å². The number of fused-ring (bicyclic) bond motifs is 2. The number of aryl methyl sites for hydroxylation is 1. The van der Waals surface area contributed by atoms with E-state index in [0.717, 1.165) is 14.7 Å². The second-order valence-corrected chi connectivity index (χ2v) is 9.16. The smallest absolute Gasteiger partial charge is 0.261 e. The molecule has 0 aliphatic carbocycles. The van der Waals surface area contributed by atoms with Crippen LogP contribution in [0.3, 0.4) is 0 Å². The van der Waals surface area contributed by atoms with E-state index < -0.39 is 0 Å². The van der Waals surface area contributed by atoms with Crippen molar-refractivity contribution in [1.82, 2.24) is 14.1 Å². The first-order valence-corrected chi connectivity index (χ1v) is 11.6. The summed E-state index contributed by atoms with van der Waals surface area (Å²) >= 11 is 2.23. The highest BCUT2D eigenvalue weighted by Gasteiger charge is 2.12. The van der Waals surface area contributed by atoms with Crippen LogP contribution in [-0.2, 0) is 13.6 Å². The largest absolute Gasteiger partial charge is 0.347 e. The molecule has 0 atom stereocenters. The summed E-state index contributed by atoms with van der Waals surface area (Å²) in [5.74, 6) is 0.653. The number of para-hydroxylation sites is 1. The normalized spacial score (nSPS) is 11.7. The van der Waals surface area contributed by atoms with E-state index in [1.807, 2.05) is 54.6 Å². The molecule has 0 radical (unpaired) electrons. The second-order valence-electron chi connectivity index (χ2n) is 7.92. The maximum atomic E-state index is 13.5. The zero-order valence-corrected chi connectivity index (χ0v) is 20.1. The molecule has 0 unspecified atom stereocenters. The average Bonchev–Trinajstić information content (AvgIpc) is 3.05. The average molecular weight is 531 g/mol. The summed E-state index contributed by atoms with van der Waals surface area (Å²) in [5.41, 5.74) is 5.27. The molecule has 0 spiro atoms. The first-order valence-electron chi connectivity index (χ1n) is 10.5. The molecular weight excluding hydrogens is 509 g/mol. The molecule has 0 saturated heterocycles. The Morgan fingerprint density at radius 2 is 1.69 bits per heavy atom. The maximum absolute atomic E-state index is 13.5. The van der Waals surface area contributed by atoms with Gasteiger partial charge in [0, 0.05) is 32.8 Å².